The van der Waals surface area contributed by atoms with Crippen molar-refractivity contribution in [3.05, 3.63) is 71.1 Å². The minimum Gasteiger partial charge on any atom is -0.324 e. The summed E-state index contributed by atoms with van der Waals surface area (Å²) in [5.41, 5.74) is 1.73. The minimum atomic E-state index is -0.638. The molecule has 0 aliphatic rings. The van der Waals surface area contributed by atoms with Crippen LogP contribution in [0.2, 0.25) is 0 Å². The van der Waals surface area contributed by atoms with Crippen LogP contribution in [-0.4, -0.2) is 15.5 Å². The average molecular weight is 293 g/mol. The van der Waals surface area contributed by atoms with Gasteiger partial charge < -0.3 is 5.32 Å². The predicted octanol–water partition coefficient (Wildman–Crippen LogP) is 2.60. The first-order valence-corrected chi connectivity index (χ1v) is 6.99. The summed E-state index contributed by atoms with van der Waals surface area (Å²) in [5, 5.41) is 2.81. The normalized spacial score (nSPS) is 12.0. The van der Waals surface area contributed by atoms with Gasteiger partial charge in [0.1, 0.15) is 6.04 Å². The maximum absolute atomic E-state index is 12.4. The van der Waals surface area contributed by atoms with Crippen LogP contribution in [-0.2, 0) is 4.79 Å². The molecule has 1 amide bonds. The van der Waals surface area contributed by atoms with Gasteiger partial charge in [0.2, 0.25) is 5.91 Å². The maximum Gasteiger partial charge on any atom is 0.270 e. The van der Waals surface area contributed by atoms with Gasteiger partial charge in [0.25, 0.3) is 5.56 Å². The molecule has 3 aromatic rings. The van der Waals surface area contributed by atoms with Gasteiger partial charge in [-0.05, 0) is 31.2 Å². The van der Waals surface area contributed by atoms with Gasteiger partial charge in [0.05, 0.1) is 17.2 Å². The molecule has 110 valence electrons. The monoisotopic (exact) mass is 293 g/mol. The molecule has 1 heterocycles. The van der Waals surface area contributed by atoms with Crippen LogP contribution in [0.4, 0.5) is 5.69 Å². The lowest BCUT2D eigenvalue weighted by Crippen LogP contribution is -2.31. The summed E-state index contributed by atoms with van der Waals surface area (Å²) < 4.78 is 1.46. The molecule has 0 spiro atoms. The number of aromatic nitrogens is 2. The quantitative estimate of drug-likeness (QED) is 0.807. The number of fused-ring (bicyclic) bond motifs is 1. The van der Waals surface area contributed by atoms with Gasteiger partial charge >= 0.3 is 0 Å². The first kappa shape index (κ1) is 14.0. The fraction of sp³-hybridized carbons (Fsp3) is 0.118. The van der Waals surface area contributed by atoms with Crippen molar-refractivity contribution in [1.82, 2.24) is 9.55 Å². The molecule has 0 saturated heterocycles. The molecule has 0 saturated carbocycles. The van der Waals surface area contributed by atoms with Gasteiger partial charge in [-0.1, -0.05) is 30.3 Å². The molecular weight excluding hydrogens is 278 g/mol. The third-order valence-corrected chi connectivity index (χ3v) is 3.50. The molecule has 0 aliphatic heterocycles. The lowest BCUT2D eigenvalue weighted by molar-refractivity contribution is -0.118. The van der Waals surface area contributed by atoms with E-state index in [1.54, 1.807) is 25.1 Å². The Morgan fingerprint density at radius 3 is 2.55 bits per heavy atom. The molecule has 0 bridgehead atoms. The highest BCUT2D eigenvalue weighted by molar-refractivity contribution is 5.94. The Balaban J connectivity index is 1.98. The van der Waals surface area contributed by atoms with Crippen molar-refractivity contribution < 1.29 is 4.79 Å². The Bertz CT molecular complexity index is 872. The van der Waals surface area contributed by atoms with E-state index in [1.807, 2.05) is 36.4 Å². The SMILES string of the molecule is C[C@@H](C(=O)Nc1ccccc1)n1c(=O)cnc2ccccc21. The van der Waals surface area contributed by atoms with Gasteiger partial charge in [-0.25, -0.2) is 4.98 Å². The van der Waals surface area contributed by atoms with Crippen LogP contribution in [0, 0.1) is 0 Å². The Morgan fingerprint density at radius 2 is 1.77 bits per heavy atom. The second kappa shape index (κ2) is 5.81. The number of nitrogens with zero attached hydrogens (tertiary/aromatic N) is 2. The average Bonchev–Trinajstić information content (AvgIpc) is 2.55. The van der Waals surface area contributed by atoms with Gasteiger partial charge in [-0.2, -0.15) is 0 Å². The lowest BCUT2D eigenvalue weighted by Gasteiger charge is -2.17. The molecule has 3 rings (SSSR count). The van der Waals surface area contributed by atoms with Crippen molar-refractivity contribution in [2.45, 2.75) is 13.0 Å². The van der Waals surface area contributed by atoms with Crippen molar-refractivity contribution >= 4 is 22.6 Å². The number of nitrogens with one attached hydrogen (secondary N) is 1. The molecule has 0 unspecified atom stereocenters. The molecule has 1 aromatic heterocycles. The van der Waals surface area contributed by atoms with E-state index in [-0.39, 0.29) is 11.5 Å². The first-order valence-electron chi connectivity index (χ1n) is 6.99. The molecule has 0 radical (unpaired) electrons. The predicted molar refractivity (Wildman–Crippen MR) is 85.8 cm³/mol. The number of benzene rings is 2. The second-order valence-electron chi connectivity index (χ2n) is 4.99. The fourth-order valence-electron chi connectivity index (χ4n) is 2.37. The zero-order valence-corrected chi connectivity index (χ0v) is 12.1. The van der Waals surface area contributed by atoms with Crippen molar-refractivity contribution in [3.8, 4) is 0 Å². The smallest absolute Gasteiger partial charge is 0.270 e. The van der Waals surface area contributed by atoms with Gasteiger partial charge in [0, 0.05) is 5.69 Å². The number of anilines is 1. The summed E-state index contributed by atoms with van der Waals surface area (Å²) in [7, 11) is 0. The standard InChI is InChI=1S/C17H15N3O2/c1-12(17(22)19-13-7-3-2-4-8-13)20-15-10-6-5-9-14(15)18-11-16(20)21/h2-12H,1H3,(H,19,22)/t12-/m0/s1. The zero-order chi connectivity index (χ0) is 15.5. The molecular formula is C17H15N3O2. The van der Waals surface area contributed by atoms with Gasteiger partial charge in [0.15, 0.2) is 0 Å². The Morgan fingerprint density at radius 1 is 1.09 bits per heavy atom. The second-order valence-corrected chi connectivity index (χ2v) is 4.99. The molecule has 1 atom stereocenters. The lowest BCUT2D eigenvalue weighted by atomic mass is 10.2. The van der Waals surface area contributed by atoms with Gasteiger partial charge in [-0.3, -0.25) is 14.2 Å². The number of para-hydroxylation sites is 3. The van der Waals surface area contributed by atoms with Crippen molar-refractivity contribution in [1.29, 1.82) is 0 Å². The van der Waals surface area contributed by atoms with Crippen LogP contribution in [0.15, 0.2) is 65.6 Å². The van der Waals surface area contributed by atoms with Crippen LogP contribution in [0.1, 0.15) is 13.0 Å². The van der Waals surface area contributed by atoms with E-state index < -0.39 is 6.04 Å². The molecule has 5 heteroatoms. The molecule has 22 heavy (non-hydrogen) atoms. The first-order chi connectivity index (χ1) is 10.7. The van der Waals surface area contributed by atoms with Crippen molar-refractivity contribution in [3.63, 3.8) is 0 Å². The largest absolute Gasteiger partial charge is 0.324 e. The van der Waals surface area contributed by atoms with Crippen LogP contribution >= 0.6 is 0 Å². The summed E-state index contributed by atoms with van der Waals surface area (Å²) >= 11 is 0. The summed E-state index contributed by atoms with van der Waals surface area (Å²) in [6, 6.07) is 15.8. The number of hydrogen-bond donors (Lipinski definition) is 1. The number of carbonyl (C=O) groups excluding carboxylic acids is 1. The number of hydrogen-bond acceptors (Lipinski definition) is 3. The summed E-state index contributed by atoms with van der Waals surface area (Å²) in [6.07, 6.45) is 1.24. The number of amides is 1. The van der Waals surface area contributed by atoms with Crippen molar-refractivity contribution in [2.75, 3.05) is 5.32 Å². The third-order valence-electron chi connectivity index (χ3n) is 3.50. The maximum atomic E-state index is 12.4. The van der Waals surface area contributed by atoms with E-state index >= 15 is 0 Å². The topological polar surface area (TPSA) is 64.0 Å². The number of rotatable bonds is 3. The summed E-state index contributed by atoms with van der Waals surface area (Å²) in [4.78, 5) is 28.7. The molecule has 0 aliphatic carbocycles. The number of carbonyl (C=O) groups is 1. The zero-order valence-electron chi connectivity index (χ0n) is 12.1. The molecule has 1 N–H and O–H groups in total. The van der Waals surface area contributed by atoms with Crippen molar-refractivity contribution in [2.24, 2.45) is 0 Å². The molecule has 5 nitrogen and oxygen atoms in total. The molecule has 0 fully saturated rings. The van der Waals surface area contributed by atoms with E-state index in [1.165, 1.54) is 10.8 Å². The summed E-state index contributed by atoms with van der Waals surface area (Å²) in [5.74, 6) is -0.246. The Hall–Kier alpha value is -2.95. The van der Waals surface area contributed by atoms with E-state index in [0.717, 1.165) is 0 Å². The summed E-state index contributed by atoms with van der Waals surface area (Å²) in [6.45, 7) is 1.70. The van der Waals surface area contributed by atoms with E-state index in [2.05, 4.69) is 10.3 Å². The van der Waals surface area contributed by atoms with Crippen LogP contribution in [0.25, 0.3) is 11.0 Å². The van der Waals surface area contributed by atoms with Crippen LogP contribution in [0.3, 0.4) is 0 Å². The Kier molecular flexibility index (Phi) is 3.70. The highest BCUT2D eigenvalue weighted by Crippen LogP contribution is 2.15. The van der Waals surface area contributed by atoms with E-state index in [9.17, 15) is 9.59 Å². The fourth-order valence-corrected chi connectivity index (χ4v) is 2.37. The van der Waals surface area contributed by atoms with E-state index in [0.29, 0.717) is 16.7 Å². The minimum absolute atomic E-state index is 0.246. The highest BCUT2D eigenvalue weighted by Gasteiger charge is 2.18. The Labute approximate surface area is 127 Å². The highest BCUT2D eigenvalue weighted by atomic mass is 16.2. The van der Waals surface area contributed by atoms with Gasteiger partial charge in [-0.15, -0.1) is 0 Å². The van der Waals surface area contributed by atoms with Crippen LogP contribution in [0.5, 0.6) is 0 Å². The van der Waals surface area contributed by atoms with Crippen LogP contribution < -0.4 is 10.9 Å². The third kappa shape index (κ3) is 2.61. The molecule has 2 aromatic carbocycles. The van der Waals surface area contributed by atoms with E-state index in [4.69, 9.17) is 0 Å².